The van der Waals surface area contributed by atoms with Gasteiger partial charge in [-0.1, -0.05) is 19.4 Å². The predicted octanol–water partition coefficient (Wildman–Crippen LogP) is 4.26. The molecule has 1 fully saturated rings. The second kappa shape index (κ2) is 7.10. The summed E-state index contributed by atoms with van der Waals surface area (Å²) in [5.74, 6) is 0.613. The standard InChI is InChI=1S/C19H27N3/c1-3-4-11-22-12-8-15(9-13-22)19-18-6-5-17(20-2)14-16(18)7-10-21-19/h5-7,10,14-15,20H,3-4,8-9,11-13H2,1-2H3. The van der Waals surface area contributed by atoms with E-state index in [1.807, 2.05) is 13.2 Å². The Morgan fingerprint density at radius 3 is 2.77 bits per heavy atom. The number of nitrogens with one attached hydrogen (secondary N) is 1. The van der Waals surface area contributed by atoms with Crippen LogP contribution in [-0.4, -0.2) is 36.6 Å². The van der Waals surface area contributed by atoms with Crippen molar-refractivity contribution in [3.63, 3.8) is 0 Å². The lowest BCUT2D eigenvalue weighted by Gasteiger charge is -2.32. The number of pyridine rings is 1. The second-order valence-electron chi connectivity index (χ2n) is 6.35. The molecule has 1 aliphatic heterocycles. The maximum atomic E-state index is 4.73. The molecule has 1 aromatic carbocycles. The quantitative estimate of drug-likeness (QED) is 0.894. The number of aromatic nitrogens is 1. The van der Waals surface area contributed by atoms with Crippen molar-refractivity contribution in [2.45, 2.75) is 38.5 Å². The van der Waals surface area contributed by atoms with Gasteiger partial charge in [-0.3, -0.25) is 4.98 Å². The molecule has 2 heterocycles. The van der Waals surface area contributed by atoms with Gasteiger partial charge in [-0.25, -0.2) is 0 Å². The highest BCUT2D eigenvalue weighted by Crippen LogP contribution is 2.32. The van der Waals surface area contributed by atoms with E-state index in [0.29, 0.717) is 5.92 Å². The summed E-state index contributed by atoms with van der Waals surface area (Å²) in [6.07, 6.45) is 7.07. The van der Waals surface area contributed by atoms with E-state index in [9.17, 15) is 0 Å². The fraction of sp³-hybridized carbons (Fsp3) is 0.526. The van der Waals surface area contributed by atoms with E-state index in [4.69, 9.17) is 4.98 Å². The third-order valence-electron chi connectivity index (χ3n) is 4.89. The Morgan fingerprint density at radius 2 is 2.05 bits per heavy atom. The van der Waals surface area contributed by atoms with Crippen LogP contribution in [0.15, 0.2) is 30.5 Å². The van der Waals surface area contributed by atoms with Gasteiger partial charge < -0.3 is 10.2 Å². The van der Waals surface area contributed by atoms with Gasteiger partial charge in [0.25, 0.3) is 0 Å². The SMILES string of the molecule is CCCCN1CCC(c2nccc3cc(NC)ccc23)CC1. The summed E-state index contributed by atoms with van der Waals surface area (Å²) in [6, 6.07) is 8.73. The molecule has 0 saturated carbocycles. The van der Waals surface area contributed by atoms with Crippen molar-refractivity contribution < 1.29 is 0 Å². The van der Waals surface area contributed by atoms with E-state index in [-0.39, 0.29) is 0 Å². The maximum Gasteiger partial charge on any atom is 0.0513 e. The van der Waals surface area contributed by atoms with Crippen molar-refractivity contribution in [1.29, 1.82) is 0 Å². The number of likely N-dealkylation sites (tertiary alicyclic amines) is 1. The van der Waals surface area contributed by atoms with Crippen LogP contribution < -0.4 is 5.32 Å². The lowest BCUT2D eigenvalue weighted by molar-refractivity contribution is 0.209. The van der Waals surface area contributed by atoms with E-state index < -0.39 is 0 Å². The first-order valence-corrected chi connectivity index (χ1v) is 8.60. The van der Waals surface area contributed by atoms with Crippen LogP contribution in [-0.2, 0) is 0 Å². The number of rotatable bonds is 5. The summed E-state index contributed by atoms with van der Waals surface area (Å²) in [5.41, 5.74) is 2.47. The van der Waals surface area contributed by atoms with Gasteiger partial charge in [0.1, 0.15) is 0 Å². The van der Waals surface area contributed by atoms with E-state index in [1.54, 1.807) is 0 Å². The largest absolute Gasteiger partial charge is 0.388 e. The number of anilines is 1. The van der Waals surface area contributed by atoms with Crippen LogP contribution >= 0.6 is 0 Å². The number of nitrogens with zero attached hydrogens (tertiary/aromatic N) is 2. The first kappa shape index (κ1) is 15.3. The maximum absolute atomic E-state index is 4.73. The Hall–Kier alpha value is -1.61. The van der Waals surface area contributed by atoms with Gasteiger partial charge in [0.2, 0.25) is 0 Å². The van der Waals surface area contributed by atoms with Gasteiger partial charge in [-0.2, -0.15) is 0 Å². The topological polar surface area (TPSA) is 28.2 Å². The molecular formula is C19H27N3. The first-order valence-electron chi connectivity index (χ1n) is 8.60. The molecule has 2 aromatic rings. The predicted molar refractivity (Wildman–Crippen MR) is 94.6 cm³/mol. The molecular weight excluding hydrogens is 270 g/mol. The Bertz CT molecular complexity index is 615. The Labute approximate surface area is 133 Å². The zero-order chi connectivity index (χ0) is 15.4. The van der Waals surface area contributed by atoms with Crippen LogP contribution in [0.3, 0.4) is 0 Å². The Balaban J connectivity index is 1.77. The zero-order valence-corrected chi connectivity index (χ0v) is 13.8. The number of fused-ring (bicyclic) bond motifs is 1. The Kier molecular flexibility index (Phi) is 4.94. The second-order valence-corrected chi connectivity index (χ2v) is 6.35. The Morgan fingerprint density at radius 1 is 1.23 bits per heavy atom. The van der Waals surface area contributed by atoms with Crippen LogP contribution in [0.2, 0.25) is 0 Å². The molecule has 0 radical (unpaired) electrons. The fourth-order valence-corrected chi connectivity index (χ4v) is 3.49. The normalized spacial score (nSPS) is 17.0. The van der Waals surface area contributed by atoms with Gasteiger partial charge in [0.05, 0.1) is 5.69 Å². The van der Waals surface area contributed by atoms with Gasteiger partial charge in [-0.15, -0.1) is 0 Å². The molecule has 0 unspecified atom stereocenters. The molecule has 3 rings (SSSR count). The molecule has 0 aliphatic carbocycles. The van der Waals surface area contributed by atoms with Gasteiger partial charge in [0, 0.05) is 30.2 Å². The molecule has 0 amide bonds. The molecule has 3 heteroatoms. The van der Waals surface area contributed by atoms with Crippen molar-refractivity contribution >= 4 is 16.5 Å². The number of hydrogen-bond donors (Lipinski definition) is 1. The molecule has 1 saturated heterocycles. The van der Waals surface area contributed by atoms with E-state index in [1.165, 1.54) is 67.5 Å². The number of piperidine rings is 1. The van der Waals surface area contributed by atoms with Crippen LogP contribution in [0.25, 0.3) is 10.8 Å². The third kappa shape index (κ3) is 3.25. The van der Waals surface area contributed by atoms with Crippen molar-refractivity contribution in [3.05, 3.63) is 36.2 Å². The van der Waals surface area contributed by atoms with E-state index in [2.05, 4.69) is 41.4 Å². The molecule has 3 nitrogen and oxygen atoms in total. The molecule has 1 N–H and O–H groups in total. The van der Waals surface area contributed by atoms with E-state index in [0.717, 1.165) is 0 Å². The minimum atomic E-state index is 0.613. The molecule has 0 bridgehead atoms. The smallest absolute Gasteiger partial charge is 0.0513 e. The summed E-state index contributed by atoms with van der Waals surface area (Å²) >= 11 is 0. The van der Waals surface area contributed by atoms with Gasteiger partial charge >= 0.3 is 0 Å². The van der Waals surface area contributed by atoms with Crippen LogP contribution in [0.1, 0.15) is 44.2 Å². The molecule has 0 spiro atoms. The molecule has 1 aliphatic rings. The summed E-state index contributed by atoms with van der Waals surface area (Å²) in [7, 11) is 1.97. The number of unbranched alkanes of at least 4 members (excludes halogenated alkanes) is 1. The average molecular weight is 297 g/mol. The van der Waals surface area contributed by atoms with Crippen LogP contribution in [0.4, 0.5) is 5.69 Å². The van der Waals surface area contributed by atoms with E-state index >= 15 is 0 Å². The average Bonchev–Trinajstić information content (AvgIpc) is 2.59. The number of benzene rings is 1. The van der Waals surface area contributed by atoms with Crippen LogP contribution in [0, 0.1) is 0 Å². The highest BCUT2D eigenvalue weighted by atomic mass is 15.1. The molecule has 22 heavy (non-hydrogen) atoms. The molecule has 118 valence electrons. The van der Waals surface area contributed by atoms with Crippen LogP contribution in [0.5, 0.6) is 0 Å². The van der Waals surface area contributed by atoms with Gasteiger partial charge in [-0.05, 0) is 62.5 Å². The monoisotopic (exact) mass is 297 g/mol. The van der Waals surface area contributed by atoms with Crippen molar-refractivity contribution in [3.8, 4) is 0 Å². The first-order chi connectivity index (χ1) is 10.8. The van der Waals surface area contributed by atoms with Crippen molar-refractivity contribution in [1.82, 2.24) is 9.88 Å². The minimum absolute atomic E-state index is 0.613. The highest BCUT2D eigenvalue weighted by molar-refractivity contribution is 5.87. The minimum Gasteiger partial charge on any atom is -0.388 e. The lowest BCUT2D eigenvalue weighted by atomic mass is 9.90. The van der Waals surface area contributed by atoms with Crippen molar-refractivity contribution in [2.75, 3.05) is 32.0 Å². The molecule has 1 aromatic heterocycles. The summed E-state index contributed by atoms with van der Waals surface area (Å²) in [5, 5.41) is 5.84. The fourth-order valence-electron chi connectivity index (χ4n) is 3.49. The zero-order valence-electron chi connectivity index (χ0n) is 13.8. The van der Waals surface area contributed by atoms with Crippen molar-refractivity contribution in [2.24, 2.45) is 0 Å². The highest BCUT2D eigenvalue weighted by Gasteiger charge is 2.22. The summed E-state index contributed by atoms with van der Waals surface area (Å²) in [6.45, 7) is 5.97. The van der Waals surface area contributed by atoms with Gasteiger partial charge in [0.15, 0.2) is 0 Å². The summed E-state index contributed by atoms with van der Waals surface area (Å²) < 4.78 is 0. The third-order valence-corrected chi connectivity index (χ3v) is 4.89. The summed E-state index contributed by atoms with van der Waals surface area (Å²) in [4.78, 5) is 7.35. The lowest BCUT2D eigenvalue weighted by Crippen LogP contribution is -2.33. The molecule has 0 atom stereocenters. The number of hydrogen-bond acceptors (Lipinski definition) is 3.